The number of aliphatic hydroxyl groups is 1. The molecule has 4 heteroatoms. The largest absolute Gasteiger partial charge is 0.396 e. The minimum absolute atomic E-state index is 0.0627. The fraction of sp³-hybridized carbons (Fsp3) is 0.667. The van der Waals surface area contributed by atoms with Gasteiger partial charge in [0.15, 0.2) is 0 Å². The van der Waals surface area contributed by atoms with Crippen molar-refractivity contribution in [2.24, 2.45) is 5.92 Å². The number of aromatic nitrogens is 2. The molecule has 0 spiro atoms. The van der Waals surface area contributed by atoms with Crippen LogP contribution in [0.5, 0.6) is 0 Å². The third kappa shape index (κ3) is 2.16. The Kier molecular flexibility index (Phi) is 3.39. The van der Waals surface area contributed by atoms with Crippen LogP contribution in [0.25, 0.3) is 0 Å². The molecule has 1 aliphatic carbocycles. The molecule has 0 aromatic carbocycles. The van der Waals surface area contributed by atoms with Gasteiger partial charge in [-0.25, -0.2) is 4.98 Å². The van der Waals surface area contributed by atoms with Crippen molar-refractivity contribution >= 4 is 0 Å². The number of nitrogens with one attached hydrogen (secondary N) is 1. The molecule has 2 N–H and O–H groups in total. The molecule has 0 bridgehead atoms. The van der Waals surface area contributed by atoms with E-state index < -0.39 is 0 Å². The molecule has 2 rings (SSSR count). The van der Waals surface area contributed by atoms with E-state index in [-0.39, 0.29) is 24.0 Å². The molecule has 0 aliphatic heterocycles. The summed E-state index contributed by atoms with van der Waals surface area (Å²) in [5.41, 5.74) is 0.576. The van der Waals surface area contributed by atoms with Gasteiger partial charge in [0.2, 0.25) is 0 Å². The Balaban J connectivity index is 2.27. The van der Waals surface area contributed by atoms with Gasteiger partial charge in [-0.3, -0.25) is 4.79 Å². The lowest BCUT2D eigenvalue weighted by Crippen LogP contribution is -2.25. The van der Waals surface area contributed by atoms with E-state index >= 15 is 0 Å². The molecule has 1 aromatic heterocycles. The van der Waals surface area contributed by atoms with Crippen molar-refractivity contribution in [3.05, 3.63) is 27.9 Å². The van der Waals surface area contributed by atoms with Gasteiger partial charge in [-0.05, 0) is 25.7 Å². The number of aromatic amines is 1. The van der Waals surface area contributed by atoms with Gasteiger partial charge in [0.05, 0.1) is 0 Å². The first-order valence-corrected chi connectivity index (χ1v) is 5.89. The zero-order valence-corrected chi connectivity index (χ0v) is 9.57. The van der Waals surface area contributed by atoms with E-state index in [0.717, 1.165) is 31.5 Å². The van der Waals surface area contributed by atoms with Gasteiger partial charge < -0.3 is 10.1 Å². The van der Waals surface area contributed by atoms with Gasteiger partial charge in [0.1, 0.15) is 5.82 Å². The topological polar surface area (TPSA) is 66.0 Å². The highest BCUT2D eigenvalue weighted by Crippen LogP contribution is 2.35. The Hall–Kier alpha value is -1.16. The SMILES string of the molecule is Cc1cnc([C@H]2CCCC[C@@H]2CO)[nH]c1=O. The first-order chi connectivity index (χ1) is 7.72. The van der Waals surface area contributed by atoms with Crippen molar-refractivity contribution in [3.8, 4) is 0 Å². The van der Waals surface area contributed by atoms with Crippen LogP contribution in [0.2, 0.25) is 0 Å². The second-order valence-corrected chi connectivity index (χ2v) is 4.61. The van der Waals surface area contributed by atoms with Crippen molar-refractivity contribution in [2.45, 2.75) is 38.5 Å². The Morgan fingerprint density at radius 3 is 2.94 bits per heavy atom. The minimum atomic E-state index is -0.0627. The summed E-state index contributed by atoms with van der Waals surface area (Å²) in [6, 6.07) is 0. The van der Waals surface area contributed by atoms with Crippen LogP contribution < -0.4 is 5.56 Å². The Morgan fingerprint density at radius 1 is 1.50 bits per heavy atom. The van der Waals surface area contributed by atoms with Crippen molar-refractivity contribution in [3.63, 3.8) is 0 Å². The van der Waals surface area contributed by atoms with E-state index in [2.05, 4.69) is 9.97 Å². The molecule has 16 heavy (non-hydrogen) atoms. The lowest BCUT2D eigenvalue weighted by atomic mass is 9.79. The maximum absolute atomic E-state index is 11.5. The van der Waals surface area contributed by atoms with Crippen LogP contribution in [0.15, 0.2) is 11.0 Å². The van der Waals surface area contributed by atoms with Gasteiger partial charge in [-0.15, -0.1) is 0 Å². The summed E-state index contributed by atoms with van der Waals surface area (Å²) in [4.78, 5) is 18.6. The highest BCUT2D eigenvalue weighted by atomic mass is 16.3. The van der Waals surface area contributed by atoms with Gasteiger partial charge >= 0.3 is 0 Å². The number of hydrogen-bond donors (Lipinski definition) is 2. The molecule has 1 heterocycles. The minimum Gasteiger partial charge on any atom is -0.396 e. The van der Waals surface area contributed by atoms with Crippen molar-refractivity contribution in [1.82, 2.24) is 9.97 Å². The highest BCUT2D eigenvalue weighted by molar-refractivity contribution is 5.07. The summed E-state index contributed by atoms with van der Waals surface area (Å²) < 4.78 is 0. The standard InChI is InChI=1S/C12H18N2O2/c1-8-6-13-11(14-12(8)16)10-5-3-2-4-9(10)7-15/h6,9-10,15H,2-5,7H2,1H3,(H,13,14,16)/t9-,10+/m1/s1. The normalized spacial score (nSPS) is 25.6. The van der Waals surface area contributed by atoms with E-state index in [0.29, 0.717) is 5.56 Å². The molecule has 0 radical (unpaired) electrons. The zero-order chi connectivity index (χ0) is 11.5. The van der Waals surface area contributed by atoms with Gasteiger partial charge in [-0.1, -0.05) is 12.8 Å². The Labute approximate surface area is 94.7 Å². The molecular formula is C12H18N2O2. The first-order valence-electron chi connectivity index (χ1n) is 5.89. The smallest absolute Gasteiger partial charge is 0.253 e. The second-order valence-electron chi connectivity index (χ2n) is 4.61. The molecule has 0 amide bonds. The molecule has 2 atom stereocenters. The monoisotopic (exact) mass is 222 g/mol. The summed E-state index contributed by atoms with van der Waals surface area (Å²) in [5, 5.41) is 9.33. The molecule has 1 saturated carbocycles. The quantitative estimate of drug-likeness (QED) is 0.793. The highest BCUT2D eigenvalue weighted by Gasteiger charge is 2.27. The summed E-state index contributed by atoms with van der Waals surface area (Å²) in [6.45, 7) is 1.93. The predicted molar refractivity (Wildman–Crippen MR) is 61.4 cm³/mol. The maximum atomic E-state index is 11.5. The van der Waals surface area contributed by atoms with E-state index in [1.165, 1.54) is 0 Å². The maximum Gasteiger partial charge on any atom is 0.253 e. The van der Waals surface area contributed by atoms with E-state index in [1.54, 1.807) is 13.1 Å². The molecule has 1 aliphatic rings. The van der Waals surface area contributed by atoms with Gasteiger partial charge in [0.25, 0.3) is 5.56 Å². The number of H-pyrrole nitrogens is 1. The summed E-state index contributed by atoms with van der Waals surface area (Å²) in [6.07, 6.45) is 5.98. The molecule has 0 saturated heterocycles. The summed E-state index contributed by atoms with van der Waals surface area (Å²) in [7, 11) is 0. The van der Waals surface area contributed by atoms with Gasteiger partial charge in [0, 0.05) is 24.3 Å². The molecule has 1 aromatic rings. The lowest BCUT2D eigenvalue weighted by Gasteiger charge is -2.29. The van der Waals surface area contributed by atoms with Gasteiger partial charge in [-0.2, -0.15) is 0 Å². The fourth-order valence-corrected chi connectivity index (χ4v) is 2.45. The van der Waals surface area contributed by atoms with Crippen LogP contribution in [-0.4, -0.2) is 21.7 Å². The second kappa shape index (κ2) is 4.78. The third-order valence-electron chi connectivity index (χ3n) is 3.49. The number of aryl methyl sites for hydroxylation is 1. The molecular weight excluding hydrogens is 204 g/mol. The summed E-state index contributed by atoms with van der Waals surface area (Å²) >= 11 is 0. The van der Waals surface area contributed by atoms with Crippen LogP contribution >= 0.6 is 0 Å². The van der Waals surface area contributed by atoms with Crippen LogP contribution in [0.1, 0.15) is 43.0 Å². The Morgan fingerprint density at radius 2 is 2.25 bits per heavy atom. The van der Waals surface area contributed by atoms with Crippen LogP contribution in [0.3, 0.4) is 0 Å². The van der Waals surface area contributed by atoms with E-state index in [4.69, 9.17) is 0 Å². The van der Waals surface area contributed by atoms with E-state index in [1.807, 2.05) is 0 Å². The molecule has 88 valence electrons. The van der Waals surface area contributed by atoms with Crippen molar-refractivity contribution in [1.29, 1.82) is 0 Å². The lowest BCUT2D eigenvalue weighted by molar-refractivity contribution is 0.165. The fourth-order valence-electron chi connectivity index (χ4n) is 2.45. The average Bonchev–Trinajstić information content (AvgIpc) is 2.32. The average molecular weight is 222 g/mol. The van der Waals surface area contributed by atoms with E-state index in [9.17, 15) is 9.90 Å². The number of rotatable bonds is 2. The van der Waals surface area contributed by atoms with Crippen molar-refractivity contribution in [2.75, 3.05) is 6.61 Å². The predicted octanol–water partition coefficient (Wildman–Crippen LogP) is 1.34. The number of hydrogen-bond acceptors (Lipinski definition) is 3. The number of nitrogens with zero attached hydrogens (tertiary/aromatic N) is 1. The Bertz CT molecular complexity index is 414. The first kappa shape index (κ1) is 11.3. The van der Waals surface area contributed by atoms with Crippen LogP contribution in [0, 0.1) is 12.8 Å². The molecule has 1 fully saturated rings. The molecule has 0 unspecified atom stereocenters. The molecule has 4 nitrogen and oxygen atoms in total. The van der Waals surface area contributed by atoms with Crippen LogP contribution in [-0.2, 0) is 0 Å². The zero-order valence-electron chi connectivity index (χ0n) is 9.57. The number of aliphatic hydroxyl groups excluding tert-OH is 1. The third-order valence-corrected chi connectivity index (χ3v) is 3.49. The summed E-state index contributed by atoms with van der Waals surface area (Å²) in [5.74, 6) is 1.21. The van der Waals surface area contributed by atoms with Crippen molar-refractivity contribution < 1.29 is 5.11 Å². The van der Waals surface area contributed by atoms with Crippen LogP contribution in [0.4, 0.5) is 0 Å².